The monoisotopic (exact) mass is 240 g/mol. The molecule has 0 saturated heterocycles. The predicted octanol–water partition coefficient (Wildman–Crippen LogP) is 2.73. The molecular weight excluding hydrogens is 224 g/mol. The first-order chi connectivity index (χ1) is 8.88. The Labute approximate surface area is 107 Å². The van der Waals surface area contributed by atoms with Gasteiger partial charge in [0, 0.05) is 24.2 Å². The Morgan fingerprint density at radius 1 is 1.28 bits per heavy atom. The van der Waals surface area contributed by atoms with Gasteiger partial charge < -0.3 is 10.1 Å². The van der Waals surface area contributed by atoms with Crippen LogP contribution in [-0.4, -0.2) is 18.6 Å². The maximum atomic E-state index is 5.94. The Balaban J connectivity index is 2.08. The van der Waals surface area contributed by atoms with Crippen molar-refractivity contribution in [2.24, 2.45) is 0 Å². The third-order valence-electron chi connectivity index (χ3n) is 3.33. The van der Waals surface area contributed by atoms with Crippen molar-refractivity contribution in [3.05, 3.63) is 53.7 Å². The summed E-state index contributed by atoms with van der Waals surface area (Å²) in [6, 6.07) is 12.3. The van der Waals surface area contributed by atoms with Crippen LogP contribution in [0.25, 0.3) is 0 Å². The molecule has 1 aromatic heterocycles. The van der Waals surface area contributed by atoms with E-state index in [1.54, 1.807) is 6.20 Å². The van der Waals surface area contributed by atoms with E-state index in [1.807, 2.05) is 25.2 Å². The van der Waals surface area contributed by atoms with E-state index < -0.39 is 0 Å². The second-order valence-electron chi connectivity index (χ2n) is 4.57. The highest BCUT2D eigenvalue weighted by Crippen LogP contribution is 2.37. The van der Waals surface area contributed by atoms with Crippen molar-refractivity contribution in [3.63, 3.8) is 0 Å². The Hall–Kier alpha value is -1.87. The van der Waals surface area contributed by atoms with Crippen LogP contribution in [0.15, 0.2) is 42.6 Å². The van der Waals surface area contributed by atoms with Gasteiger partial charge in [-0.2, -0.15) is 0 Å². The number of ether oxygens (including phenoxy) is 1. The number of para-hydroxylation sites is 1. The lowest BCUT2D eigenvalue weighted by atomic mass is 9.92. The zero-order valence-corrected chi connectivity index (χ0v) is 10.4. The highest BCUT2D eigenvalue weighted by Gasteiger charge is 2.22. The molecule has 0 bridgehead atoms. The number of aromatic nitrogens is 1. The van der Waals surface area contributed by atoms with E-state index in [4.69, 9.17) is 4.74 Å². The van der Waals surface area contributed by atoms with Crippen LogP contribution < -0.4 is 10.1 Å². The molecular formula is C15H16N2O. The van der Waals surface area contributed by atoms with Gasteiger partial charge in [-0.05, 0) is 31.2 Å². The van der Waals surface area contributed by atoms with Crippen molar-refractivity contribution in [1.29, 1.82) is 0 Å². The van der Waals surface area contributed by atoms with Crippen LogP contribution in [0, 0.1) is 0 Å². The van der Waals surface area contributed by atoms with Crippen LogP contribution in [-0.2, 0) is 6.42 Å². The second-order valence-corrected chi connectivity index (χ2v) is 4.57. The third-order valence-corrected chi connectivity index (χ3v) is 3.33. The minimum atomic E-state index is 0.427. The highest BCUT2D eigenvalue weighted by atomic mass is 16.5. The van der Waals surface area contributed by atoms with Crippen molar-refractivity contribution >= 4 is 0 Å². The molecule has 2 heterocycles. The average Bonchev–Trinajstić information content (AvgIpc) is 2.56. The summed E-state index contributed by atoms with van der Waals surface area (Å²) in [5.74, 6) is 2.09. The van der Waals surface area contributed by atoms with Crippen molar-refractivity contribution in [3.8, 4) is 11.6 Å². The molecule has 2 aromatic rings. The van der Waals surface area contributed by atoms with Gasteiger partial charge in [-0.1, -0.05) is 24.3 Å². The number of benzene rings is 1. The van der Waals surface area contributed by atoms with E-state index in [0.717, 1.165) is 24.6 Å². The molecule has 1 N–H and O–H groups in total. The van der Waals surface area contributed by atoms with Crippen LogP contribution in [0.3, 0.4) is 0 Å². The summed E-state index contributed by atoms with van der Waals surface area (Å²) in [6.45, 7) is 0.939. The lowest BCUT2D eigenvalue weighted by Gasteiger charge is -2.15. The maximum absolute atomic E-state index is 5.94. The van der Waals surface area contributed by atoms with Crippen LogP contribution in [0.1, 0.15) is 17.0 Å². The number of nitrogens with one attached hydrogen (secondary N) is 1. The first-order valence-corrected chi connectivity index (χ1v) is 6.24. The summed E-state index contributed by atoms with van der Waals surface area (Å²) >= 11 is 0. The minimum Gasteiger partial charge on any atom is -0.438 e. The first kappa shape index (κ1) is 11.2. The second kappa shape index (κ2) is 4.78. The topological polar surface area (TPSA) is 34.2 Å². The van der Waals surface area contributed by atoms with Gasteiger partial charge in [0.15, 0.2) is 0 Å². The molecule has 3 nitrogen and oxygen atoms in total. The molecule has 18 heavy (non-hydrogen) atoms. The van der Waals surface area contributed by atoms with Gasteiger partial charge >= 0.3 is 0 Å². The van der Waals surface area contributed by atoms with Crippen LogP contribution in [0.4, 0.5) is 0 Å². The van der Waals surface area contributed by atoms with Gasteiger partial charge in [0.25, 0.3) is 0 Å². The molecule has 1 atom stereocenters. The zero-order valence-electron chi connectivity index (χ0n) is 10.4. The minimum absolute atomic E-state index is 0.427. The number of fused-ring (bicyclic) bond motifs is 2. The Kier molecular flexibility index (Phi) is 2.99. The molecule has 1 aliphatic heterocycles. The molecule has 3 rings (SSSR count). The van der Waals surface area contributed by atoms with Crippen molar-refractivity contribution in [2.75, 3.05) is 13.6 Å². The van der Waals surface area contributed by atoms with Crippen LogP contribution >= 0.6 is 0 Å². The van der Waals surface area contributed by atoms with E-state index in [2.05, 4.69) is 28.5 Å². The number of pyridine rings is 1. The number of hydrogen-bond donors (Lipinski definition) is 1. The SMILES string of the molecule is CNC[C@H]1Cc2cccnc2Oc2ccccc21. The van der Waals surface area contributed by atoms with Crippen LogP contribution in [0.5, 0.6) is 11.6 Å². The summed E-state index contributed by atoms with van der Waals surface area (Å²) in [4.78, 5) is 4.33. The molecule has 0 saturated carbocycles. The van der Waals surface area contributed by atoms with Gasteiger partial charge in [0.1, 0.15) is 5.75 Å². The molecule has 0 aliphatic carbocycles. The van der Waals surface area contributed by atoms with E-state index in [-0.39, 0.29) is 0 Å². The largest absolute Gasteiger partial charge is 0.438 e. The molecule has 0 radical (unpaired) electrons. The van der Waals surface area contributed by atoms with Crippen molar-refractivity contribution < 1.29 is 4.74 Å². The first-order valence-electron chi connectivity index (χ1n) is 6.24. The lowest BCUT2D eigenvalue weighted by molar-refractivity contribution is 0.458. The molecule has 3 heteroatoms. The fourth-order valence-electron chi connectivity index (χ4n) is 2.49. The molecule has 0 spiro atoms. The normalized spacial score (nSPS) is 17.3. The summed E-state index contributed by atoms with van der Waals surface area (Å²) in [7, 11) is 1.98. The fraction of sp³-hybridized carbons (Fsp3) is 0.267. The van der Waals surface area contributed by atoms with Gasteiger partial charge in [-0.25, -0.2) is 4.98 Å². The number of hydrogen-bond acceptors (Lipinski definition) is 3. The highest BCUT2D eigenvalue weighted by molar-refractivity contribution is 5.44. The quantitative estimate of drug-likeness (QED) is 0.876. The number of rotatable bonds is 2. The van der Waals surface area contributed by atoms with Crippen molar-refractivity contribution in [2.45, 2.75) is 12.3 Å². The van der Waals surface area contributed by atoms with Gasteiger partial charge in [-0.3, -0.25) is 0 Å². The third kappa shape index (κ3) is 1.97. The van der Waals surface area contributed by atoms with E-state index >= 15 is 0 Å². The maximum Gasteiger partial charge on any atom is 0.222 e. The fourth-order valence-corrected chi connectivity index (χ4v) is 2.49. The standard InChI is InChI=1S/C15H16N2O/c1-16-10-12-9-11-5-4-8-17-15(11)18-14-7-3-2-6-13(12)14/h2-8,12,16H,9-10H2,1H3/t12-/m1/s1. The number of likely N-dealkylation sites (N-methyl/N-ethyl adjacent to an activating group) is 1. The van der Waals surface area contributed by atoms with E-state index in [0.29, 0.717) is 5.92 Å². The molecule has 0 fully saturated rings. The van der Waals surface area contributed by atoms with Crippen molar-refractivity contribution in [1.82, 2.24) is 10.3 Å². The van der Waals surface area contributed by atoms with Gasteiger partial charge in [-0.15, -0.1) is 0 Å². The average molecular weight is 240 g/mol. The van der Waals surface area contributed by atoms with Gasteiger partial charge in [0.2, 0.25) is 5.88 Å². The van der Waals surface area contributed by atoms with E-state index in [1.165, 1.54) is 11.1 Å². The Morgan fingerprint density at radius 3 is 3.06 bits per heavy atom. The molecule has 92 valence electrons. The number of nitrogens with zero attached hydrogens (tertiary/aromatic N) is 1. The van der Waals surface area contributed by atoms with Crippen LogP contribution in [0.2, 0.25) is 0 Å². The molecule has 0 unspecified atom stereocenters. The smallest absolute Gasteiger partial charge is 0.222 e. The molecule has 1 aliphatic rings. The summed E-state index contributed by atoms with van der Waals surface area (Å²) in [5.41, 5.74) is 2.43. The summed E-state index contributed by atoms with van der Waals surface area (Å²) in [5, 5.41) is 3.26. The summed E-state index contributed by atoms with van der Waals surface area (Å²) < 4.78 is 5.94. The molecule has 1 aromatic carbocycles. The molecule has 0 amide bonds. The van der Waals surface area contributed by atoms with Gasteiger partial charge in [0.05, 0.1) is 0 Å². The Bertz CT molecular complexity index is 554. The predicted molar refractivity (Wildman–Crippen MR) is 71.1 cm³/mol. The zero-order chi connectivity index (χ0) is 12.4. The summed E-state index contributed by atoms with van der Waals surface area (Å²) in [6.07, 6.45) is 2.74. The lowest BCUT2D eigenvalue weighted by Crippen LogP contribution is -2.18. The van der Waals surface area contributed by atoms with E-state index in [9.17, 15) is 0 Å². The Morgan fingerprint density at radius 2 is 2.17 bits per heavy atom.